The van der Waals surface area contributed by atoms with Crippen molar-refractivity contribution >= 4 is 29.1 Å². The first-order valence-corrected chi connectivity index (χ1v) is 10.6. The van der Waals surface area contributed by atoms with Crippen molar-refractivity contribution in [1.29, 1.82) is 0 Å². The van der Waals surface area contributed by atoms with Crippen LogP contribution in [0.4, 0.5) is 0 Å². The maximum Gasteiger partial charge on any atom is 0.303 e. The zero-order valence-electron chi connectivity index (χ0n) is 19.1. The molecule has 34 heavy (non-hydrogen) atoms. The van der Waals surface area contributed by atoms with Crippen LogP contribution >= 0.6 is 0 Å². The third-order valence-corrected chi connectivity index (χ3v) is 5.30. The molecule has 4 atom stereocenters. The van der Waals surface area contributed by atoms with Gasteiger partial charge in [0.05, 0.1) is 6.33 Å². The molecule has 0 spiro atoms. The van der Waals surface area contributed by atoms with Crippen molar-refractivity contribution in [3.05, 3.63) is 42.5 Å². The summed E-state index contributed by atoms with van der Waals surface area (Å²) in [5.74, 6) is -1.72. The van der Waals surface area contributed by atoms with Gasteiger partial charge in [-0.3, -0.25) is 19.0 Å². The Morgan fingerprint density at radius 3 is 2.26 bits per heavy atom. The van der Waals surface area contributed by atoms with Crippen LogP contribution in [0.3, 0.4) is 0 Å². The number of esters is 3. The minimum atomic E-state index is -1.03. The van der Waals surface area contributed by atoms with Crippen molar-refractivity contribution in [2.24, 2.45) is 0 Å². The second-order valence-electron chi connectivity index (χ2n) is 7.93. The molecule has 1 aliphatic heterocycles. The van der Waals surface area contributed by atoms with Crippen molar-refractivity contribution in [2.45, 2.75) is 52.2 Å². The van der Waals surface area contributed by atoms with Gasteiger partial charge >= 0.3 is 17.9 Å². The summed E-state index contributed by atoms with van der Waals surface area (Å²) in [5.41, 5.74) is 3.54. The molecule has 178 valence electrons. The van der Waals surface area contributed by atoms with Crippen LogP contribution in [-0.4, -0.2) is 62.3 Å². The summed E-state index contributed by atoms with van der Waals surface area (Å²) < 4.78 is 23.7. The molecule has 0 bridgehead atoms. The fourth-order valence-corrected chi connectivity index (χ4v) is 3.88. The van der Waals surface area contributed by atoms with Gasteiger partial charge in [-0.25, -0.2) is 15.0 Å². The number of carbonyl (C=O) groups is 3. The number of hydrogen-bond acceptors (Lipinski definition) is 10. The first kappa shape index (κ1) is 23.3. The van der Waals surface area contributed by atoms with Gasteiger partial charge in [-0.1, -0.05) is 29.8 Å². The van der Waals surface area contributed by atoms with Gasteiger partial charge in [0.15, 0.2) is 24.1 Å². The van der Waals surface area contributed by atoms with Crippen LogP contribution in [0.1, 0.15) is 32.6 Å². The number of nitrogens with zero attached hydrogens (tertiary/aromatic N) is 4. The molecule has 1 unspecified atom stereocenters. The summed E-state index contributed by atoms with van der Waals surface area (Å²) in [5, 5.41) is 0. The third kappa shape index (κ3) is 4.74. The highest BCUT2D eigenvalue weighted by Crippen LogP contribution is 2.36. The maximum absolute atomic E-state index is 11.9. The monoisotopic (exact) mass is 468 g/mol. The van der Waals surface area contributed by atoms with Crippen LogP contribution in [-0.2, 0) is 33.3 Å². The standard InChI is InChI=1S/C23H24N4O7/c1-12-5-7-16(8-6-12)18-19-22(25-10-24-18)27(11-26-19)23-21(33-15(4)30)20(32-14(3)29)17(34-23)9-31-13(2)28/h5-8,10-11,17,20-21,23H,9H2,1-4H3/t17-,20+,21-,23?/m0/s1. The first-order chi connectivity index (χ1) is 16.2. The Labute approximate surface area is 195 Å². The predicted molar refractivity (Wildman–Crippen MR) is 117 cm³/mol. The van der Waals surface area contributed by atoms with Crippen molar-refractivity contribution < 1.29 is 33.3 Å². The van der Waals surface area contributed by atoms with Crippen LogP contribution in [0.15, 0.2) is 36.9 Å². The number of carbonyl (C=O) groups excluding carboxylic acids is 3. The third-order valence-electron chi connectivity index (χ3n) is 5.30. The molecule has 11 nitrogen and oxygen atoms in total. The minimum Gasteiger partial charge on any atom is -0.463 e. The lowest BCUT2D eigenvalue weighted by molar-refractivity contribution is -0.166. The van der Waals surface area contributed by atoms with Gasteiger partial charge < -0.3 is 18.9 Å². The topological polar surface area (TPSA) is 132 Å². The molecule has 0 saturated carbocycles. The van der Waals surface area contributed by atoms with Crippen LogP contribution in [0.5, 0.6) is 0 Å². The molecule has 3 aromatic rings. The summed E-state index contributed by atoms with van der Waals surface area (Å²) in [6, 6.07) is 7.83. The van der Waals surface area contributed by atoms with Crippen molar-refractivity contribution in [3.8, 4) is 11.3 Å². The number of rotatable bonds is 6. The Hall–Kier alpha value is -3.86. The average Bonchev–Trinajstić information content (AvgIpc) is 3.34. The summed E-state index contributed by atoms with van der Waals surface area (Å²) in [6.45, 7) is 5.52. The molecule has 0 aliphatic carbocycles. The van der Waals surface area contributed by atoms with E-state index in [1.165, 1.54) is 33.4 Å². The Morgan fingerprint density at radius 2 is 1.62 bits per heavy atom. The zero-order valence-corrected chi connectivity index (χ0v) is 19.1. The van der Waals surface area contributed by atoms with E-state index in [-0.39, 0.29) is 6.61 Å². The summed E-state index contributed by atoms with van der Waals surface area (Å²) >= 11 is 0. The number of aryl methyl sites for hydroxylation is 1. The molecule has 0 N–H and O–H groups in total. The van der Waals surface area contributed by atoms with Gasteiger partial charge in [-0.15, -0.1) is 0 Å². The van der Waals surface area contributed by atoms with Crippen LogP contribution in [0.2, 0.25) is 0 Å². The maximum atomic E-state index is 11.9. The van der Waals surface area contributed by atoms with Crippen molar-refractivity contribution in [1.82, 2.24) is 19.5 Å². The molecule has 11 heteroatoms. The van der Waals surface area contributed by atoms with Crippen LogP contribution in [0, 0.1) is 6.92 Å². The lowest BCUT2D eigenvalue weighted by Gasteiger charge is -2.23. The molecule has 1 aromatic carbocycles. The van der Waals surface area contributed by atoms with Gasteiger partial charge in [-0.2, -0.15) is 0 Å². The largest absolute Gasteiger partial charge is 0.463 e. The Bertz CT molecular complexity index is 1220. The van der Waals surface area contributed by atoms with E-state index in [1.807, 2.05) is 31.2 Å². The van der Waals surface area contributed by atoms with Gasteiger partial charge in [0.2, 0.25) is 0 Å². The number of benzene rings is 1. The number of ether oxygens (including phenoxy) is 4. The van der Waals surface area contributed by atoms with E-state index in [2.05, 4.69) is 15.0 Å². The fraction of sp³-hybridized carbons (Fsp3) is 0.391. The Kier molecular flexibility index (Phi) is 6.55. The van der Waals surface area contributed by atoms with Gasteiger partial charge in [0.25, 0.3) is 0 Å². The number of imidazole rings is 1. The first-order valence-electron chi connectivity index (χ1n) is 10.6. The molecule has 1 fully saturated rings. The summed E-state index contributed by atoms with van der Waals surface area (Å²) in [7, 11) is 0. The molecule has 1 aliphatic rings. The number of aromatic nitrogens is 4. The summed E-state index contributed by atoms with van der Waals surface area (Å²) in [4.78, 5) is 48.3. The molecule has 2 aromatic heterocycles. The smallest absolute Gasteiger partial charge is 0.303 e. The highest BCUT2D eigenvalue weighted by Gasteiger charge is 2.51. The normalized spacial score (nSPS) is 21.9. The van der Waals surface area contributed by atoms with E-state index in [9.17, 15) is 14.4 Å². The van der Waals surface area contributed by atoms with Gasteiger partial charge in [0, 0.05) is 26.3 Å². The zero-order chi connectivity index (χ0) is 24.4. The van der Waals surface area contributed by atoms with Crippen LogP contribution < -0.4 is 0 Å². The second kappa shape index (κ2) is 9.56. The second-order valence-corrected chi connectivity index (χ2v) is 7.93. The predicted octanol–water partition coefficient (Wildman–Crippen LogP) is 2.13. The molecule has 4 rings (SSSR count). The SMILES string of the molecule is CC(=O)OC[C@@H]1OC(n2cnc3c(-c4ccc(C)cc4)ncnc32)[C@@H](OC(C)=O)[C@@H]1OC(C)=O. The lowest BCUT2D eigenvalue weighted by atomic mass is 10.1. The quantitative estimate of drug-likeness (QED) is 0.391. The molecule has 1 saturated heterocycles. The van der Waals surface area contributed by atoms with E-state index in [0.29, 0.717) is 16.9 Å². The van der Waals surface area contributed by atoms with E-state index >= 15 is 0 Å². The molecular weight excluding hydrogens is 444 g/mol. The number of fused-ring (bicyclic) bond motifs is 1. The molecular formula is C23H24N4O7. The average molecular weight is 468 g/mol. The van der Waals surface area contributed by atoms with Crippen molar-refractivity contribution in [3.63, 3.8) is 0 Å². The minimum absolute atomic E-state index is 0.197. The Balaban J connectivity index is 1.76. The fourth-order valence-electron chi connectivity index (χ4n) is 3.88. The lowest BCUT2D eigenvalue weighted by Crippen LogP contribution is -2.40. The Morgan fingerprint density at radius 1 is 0.941 bits per heavy atom. The van der Waals surface area contributed by atoms with E-state index < -0.39 is 42.4 Å². The van der Waals surface area contributed by atoms with Crippen LogP contribution in [0.25, 0.3) is 22.4 Å². The van der Waals surface area contributed by atoms with E-state index in [4.69, 9.17) is 18.9 Å². The molecule has 3 heterocycles. The van der Waals surface area contributed by atoms with Gasteiger partial charge in [0.1, 0.15) is 30.2 Å². The summed E-state index contributed by atoms with van der Waals surface area (Å²) in [6.07, 6.45) is -0.959. The number of hydrogen-bond donors (Lipinski definition) is 0. The highest BCUT2D eigenvalue weighted by atomic mass is 16.7. The molecule has 0 radical (unpaired) electrons. The molecule has 0 amide bonds. The van der Waals surface area contributed by atoms with E-state index in [0.717, 1.165) is 11.1 Å². The highest BCUT2D eigenvalue weighted by molar-refractivity contribution is 5.87. The van der Waals surface area contributed by atoms with Crippen molar-refractivity contribution in [2.75, 3.05) is 6.61 Å². The van der Waals surface area contributed by atoms with Gasteiger partial charge in [-0.05, 0) is 6.92 Å². The van der Waals surface area contributed by atoms with E-state index in [1.54, 1.807) is 4.57 Å².